The molecule has 3 aliphatic rings. The van der Waals surface area contributed by atoms with E-state index in [0.29, 0.717) is 17.7 Å². The van der Waals surface area contributed by atoms with Gasteiger partial charge in [-0.2, -0.15) is 0 Å². The number of hydrogen-bond donors (Lipinski definition) is 2. The van der Waals surface area contributed by atoms with Gasteiger partial charge in [-0.15, -0.1) is 24.8 Å². The second kappa shape index (κ2) is 10.1. The van der Waals surface area contributed by atoms with Gasteiger partial charge in [0.25, 0.3) is 0 Å². The van der Waals surface area contributed by atoms with E-state index in [1.807, 2.05) is 30.5 Å². The third-order valence-electron chi connectivity index (χ3n) is 7.29. The van der Waals surface area contributed by atoms with Crippen molar-refractivity contribution in [1.82, 2.24) is 20.2 Å². The van der Waals surface area contributed by atoms with E-state index in [1.165, 1.54) is 6.42 Å². The molecule has 6 rings (SSSR count). The fourth-order valence-corrected chi connectivity index (χ4v) is 5.87. The summed E-state index contributed by atoms with van der Waals surface area (Å²) < 4.78 is 8.48. The van der Waals surface area contributed by atoms with E-state index in [1.54, 1.807) is 6.20 Å². The summed E-state index contributed by atoms with van der Waals surface area (Å²) in [6.07, 6.45) is 7.81. The molecule has 5 heterocycles. The zero-order chi connectivity index (χ0) is 21.7. The Morgan fingerprint density at radius 3 is 2.76 bits per heavy atom. The highest BCUT2D eigenvalue weighted by molar-refractivity contribution is 6.31. The highest BCUT2D eigenvalue weighted by Crippen LogP contribution is 2.44. The fraction of sp³-hybridized carbons (Fsp3) is 0.440. The molecule has 182 valence electrons. The molecular formula is C25H29Cl3N4O2. The summed E-state index contributed by atoms with van der Waals surface area (Å²) in [6.45, 7) is 4.12. The van der Waals surface area contributed by atoms with Gasteiger partial charge in [-0.25, -0.2) is 0 Å². The summed E-state index contributed by atoms with van der Waals surface area (Å²) >= 11 is 6.34. The number of aromatic nitrogens is 2. The van der Waals surface area contributed by atoms with Crippen LogP contribution >= 0.6 is 36.4 Å². The van der Waals surface area contributed by atoms with Crippen molar-refractivity contribution < 1.29 is 9.53 Å². The Morgan fingerprint density at radius 1 is 1.18 bits per heavy atom. The average Bonchev–Trinajstić information content (AvgIpc) is 3.54. The molecule has 0 radical (unpaired) electrons. The molecule has 0 saturated carbocycles. The number of hydrogen-bond acceptors (Lipinski definition) is 5. The van der Waals surface area contributed by atoms with Crippen LogP contribution in [0.3, 0.4) is 0 Å². The van der Waals surface area contributed by atoms with Gasteiger partial charge in [0.1, 0.15) is 0 Å². The molecule has 1 spiro atoms. The summed E-state index contributed by atoms with van der Waals surface area (Å²) in [4.78, 5) is 18.6. The summed E-state index contributed by atoms with van der Waals surface area (Å²) in [5.41, 5.74) is 3.95. The molecule has 34 heavy (non-hydrogen) atoms. The van der Waals surface area contributed by atoms with Crippen molar-refractivity contribution in [3.63, 3.8) is 0 Å². The Balaban J connectivity index is 0.00000137. The van der Waals surface area contributed by atoms with Crippen LogP contribution in [0.2, 0.25) is 5.02 Å². The summed E-state index contributed by atoms with van der Waals surface area (Å²) in [5.74, 6) is 0.0394. The number of ketones is 1. The van der Waals surface area contributed by atoms with Gasteiger partial charge in [-0.05, 0) is 63.5 Å². The van der Waals surface area contributed by atoms with Crippen molar-refractivity contribution in [2.75, 3.05) is 19.6 Å². The van der Waals surface area contributed by atoms with Gasteiger partial charge >= 0.3 is 0 Å². The van der Waals surface area contributed by atoms with Crippen molar-refractivity contribution in [1.29, 1.82) is 0 Å². The highest BCUT2D eigenvalue weighted by atomic mass is 35.5. The van der Waals surface area contributed by atoms with Crippen LogP contribution in [0, 0.1) is 0 Å². The van der Waals surface area contributed by atoms with Crippen molar-refractivity contribution in [2.45, 2.75) is 50.5 Å². The second-order valence-corrected chi connectivity index (χ2v) is 9.63. The number of nitrogens with one attached hydrogen (secondary N) is 2. The number of benzene rings is 1. The number of halogens is 3. The standard InChI is InChI=1S/C25H27ClN4O2.2ClH/c26-16-3-4-18-20(14-30(22(18)12-16)13-17-2-1-8-28-17)24(31)19-5-9-29-21-15-32-25(23(19)21)6-10-27-11-7-25;;/h3-5,9,12,14,17,27-28H,1-2,6-8,10-11,13,15H2;2*1H/t17-;;/m0../s1. The van der Waals surface area contributed by atoms with Gasteiger partial charge < -0.3 is 19.9 Å². The normalized spacial score (nSPS) is 20.7. The Bertz CT molecular complexity index is 1190. The molecule has 2 saturated heterocycles. The van der Waals surface area contributed by atoms with E-state index in [9.17, 15) is 4.79 Å². The maximum Gasteiger partial charge on any atom is 0.195 e. The van der Waals surface area contributed by atoms with Crippen LogP contribution in [0.25, 0.3) is 10.9 Å². The first-order chi connectivity index (χ1) is 15.6. The van der Waals surface area contributed by atoms with Crippen LogP contribution in [-0.4, -0.2) is 41.0 Å². The van der Waals surface area contributed by atoms with Crippen molar-refractivity contribution >= 4 is 53.1 Å². The lowest BCUT2D eigenvalue weighted by molar-refractivity contribution is -0.0595. The van der Waals surface area contributed by atoms with Gasteiger partial charge in [-0.1, -0.05) is 17.7 Å². The van der Waals surface area contributed by atoms with Gasteiger partial charge in [0.15, 0.2) is 5.78 Å². The van der Waals surface area contributed by atoms with E-state index in [0.717, 1.165) is 78.7 Å². The zero-order valence-corrected chi connectivity index (χ0v) is 21.2. The maximum atomic E-state index is 14.0. The number of piperidine rings is 1. The zero-order valence-electron chi connectivity index (χ0n) is 18.8. The first-order valence-corrected chi connectivity index (χ1v) is 11.9. The predicted octanol–water partition coefficient (Wildman–Crippen LogP) is 4.63. The van der Waals surface area contributed by atoms with Crippen LogP contribution in [0.1, 0.15) is 52.9 Å². The average molecular weight is 524 g/mol. The van der Waals surface area contributed by atoms with Crippen LogP contribution < -0.4 is 10.6 Å². The fourth-order valence-electron chi connectivity index (χ4n) is 5.71. The molecule has 2 N–H and O–H groups in total. The van der Waals surface area contributed by atoms with Crippen LogP contribution in [0.4, 0.5) is 0 Å². The van der Waals surface area contributed by atoms with Gasteiger partial charge in [0.05, 0.1) is 23.4 Å². The highest BCUT2D eigenvalue weighted by Gasteiger charge is 2.44. The maximum absolute atomic E-state index is 14.0. The molecule has 9 heteroatoms. The summed E-state index contributed by atoms with van der Waals surface area (Å²) in [6, 6.07) is 8.10. The predicted molar refractivity (Wildman–Crippen MR) is 139 cm³/mol. The first-order valence-electron chi connectivity index (χ1n) is 11.5. The summed E-state index contributed by atoms with van der Waals surface area (Å²) in [5, 5.41) is 8.59. The Labute approximate surface area is 216 Å². The molecule has 3 aromatic rings. The number of nitrogens with zero attached hydrogens (tertiary/aromatic N) is 2. The number of carbonyl (C=O) groups excluding carboxylic acids is 1. The number of fused-ring (bicyclic) bond motifs is 3. The first kappa shape index (κ1) is 25.4. The number of ether oxygens (including phenoxy) is 1. The smallest absolute Gasteiger partial charge is 0.195 e. The molecule has 0 bridgehead atoms. The minimum atomic E-state index is -0.407. The largest absolute Gasteiger partial charge is 0.364 e. The van der Waals surface area contributed by atoms with Crippen molar-refractivity contribution in [3.05, 3.63) is 64.1 Å². The Morgan fingerprint density at radius 2 is 2.00 bits per heavy atom. The van der Waals surface area contributed by atoms with E-state index in [-0.39, 0.29) is 30.6 Å². The number of rotatable bonds is 4. The minimum Gasteiger partial charge on any atom is -0.364 e. The van der Waals surface area contributed by atoms with E-state index < -0.39 is 5.60 Å². The third kappa shape index (κ3) is 4.25. The van der Waals surface area contributed by atoms with Crippen LogP contribution in [0.15, 0.2) is 36.7 Å². The Kier molecular flexibility index (Phi) is 7.58. The Hall–Kier alpha value is -1.67. The monoisotopic (exact) mass is 522 g/mol. The van der Waals surface area contributed by atoms with Crippen molar-refractivity contribution in [2.24, 2.45) is 0 Å². The quantitative estimate of drug-likeness (QED) is 0.488. The van der Waals surface area contributed by atoms with Gasteiger partial charge in [0, 0.05) is 52.1 Å². The van der Waals surface area contributed by atoms with E-state index in [4.69, 9.17) is 16.3 Å². The SMILES string of the molecule is Cl.Cl.O=C(c1ccnc2c1C1(CCNCC1)OC2)c1cn(C[C@@H]2CCCN2)c2cc(Cl)ccc12. The molecule has 0 aliphatic carbocycles. The molecule has 6 nitrogen and oxygen atoms in total. The lowest BCUT2D eigenvalue weighted by atomic mass is 9.81. The molecule has 0 amide bonds. The van der Waals surface area contributed by atoms with Crippen LogP contribution in [-0.2, 0) is 23.5 Å². The lowest BCUT2D eigenvalue weighted by Crippen LogP contribution is -2.40. The molecule has 3 aliphatic heterocycles. The minimum absolute atomic E-state index is 0. The van der Waals surface area contributed by atoms with E-state index in [2.05, 4.69) is 20.2 Å². The molecule has 2 fully saturated rings. The molecule has 1 atom stereocenters. The summed E-state index contributed by atoms with van der Waals surface area (Å²) in [7, 11) is 0. The second-order valence-electron chi connectivity index (χ2n) is 9.19. The van der Waals surface area contributed by atoms with E-state index >= 15 is 0 Å². The molecule has 1 aromatic carbocycles. The molecule has 0 unspecified atom stereocenters. The van der Waals surface area contributed by atoms with Crippen LogP contribution in [0.5, 0.6) is 0 Å². The van der Waals surface area contributed by atoms with Crippen molar-refractivity contribution in [3.8, 4) is 0 Å². The number of pyridine rings is 1. The van der Waals surface area contributed by atoms with Gasteiger partial charge in [-0.3, -0.25) is 9.78 Å². The number of carbonyl (C=O) groups is 1. The third-order valence-corrected chi connectivity index (χ3v) is 7.53. The molecule has 2 aromatic heterocycles. The molecular weight excluding hydrogens is 495 g/mol. The lowest BCUT2D eigenvalue weighted by Gasteiger charge is -2.34. The topological polar surface area (TPSA) is 68.2 Å². The van der Waals surface area contributed by atoms with Gasteiger partial charge in [0.2, 0.25) is 0 Å².